The number of nitrogens with two attached hydrogens (primary N) is 1. The van der Waals surface area contributed by atoms with E-state index in [2.05, 4.69) is 22.0 Å². The molecule has 0 unspecified atom stereocenters. The van der Waals surface area contributed by atoms with E-state index in [0.29, 0.717) is 12.1 Å². The van der Waals surface area contributed by atoms with Gasteiger partial charge in [0, 0.05) is 39.3 Å². The van der Waals surface area contributed by atoms with Crippen LogP contribution in [-0.2, 0) is 17.5 Å². The number of amides is 1. The smallest absolute Gasteiger partial charge is 0.389 e. The lowest BCUT2D eigenvalue weighted by atomic mass is 9.88. The van der Waals surface area contributed by atoms with Gasteiger partial charge >= 0.3 is 6.18 Å². The summed E-state index contributed by atoms with van der Waals surface area (Å²) in [5.41, 5.74) is 3.34. The van der Waals surface area contributed by atoms with E-state index in [1.807, 2.05) is 0 Å². The summed E-state index contributed by atoms with van der Waals surface area (Å²) in [5, 5.41) is 24.1. The largest absolute Gasteiger partial charge is 0.416 e. The van der Waals surface area contributed by atoms with Gasteiger partial charge < -0.3 is 26.2 Å². The molecule has 1 aromatic rings. The highest BCUT2D eigenvalue weighted by Crippen LogP contribution is 2.34. The fourth-order valence-electron chi connectivity index (χ4n) is 4.24. The Morgan fingerprint density at radius 1 is 1.32 bits per heavy atom. The van der Waals surface area contributed by atoms with E-state index < -0.39 is 35.2 Å². The number of primary amides is 1. The third-order valence-corrected chi connectivity index (χ3v) is 6.53. The number of carbonyl (C=O) groups excluding carboxylic acids is 1. The number of nitrogens with zero attached hydrogens (tertiary/aromatic N) is 4. The number of aliphatic hydroxyl groups is 2. The van der Waals surface area contributed by atoms with Crippen LogP contribution in [0.4, 0.5) is 17.6 Å². The van der Waals surface area contributed by atoms with Crippen molar-refractivity contribution >= 4 is 18.5 Å². The van der Waals surface area contributed by atoms with Crippen molar-refractivity contribution in [2.45, 2.75) is 49.7 Å². The zero-order valence-electron chi connectivity index (χ0n) is 20.5. The number of benzene rings is 1. The Morgan fingerprint density at radius 3 is 2.46 bits per heavy atom. The average molecular weight is 529 g/mol. The standard InChI is InChI=1S/C24H32F4N6O3/c1-30-21(32-14-23(37)9-10-33(12-18(23)35)13-19(29)36)20(25)22(31-2)34(17-7-8-17)11-15-3-5-16(6-4-15)24(26,27)28/h3-6,17-18,35,37H,2,7-14H2,1H3,(H2,29,36)(H,30,32)/b22-20-/t18-,23+/m1/s1. The van der Waals surface area contributed by atoms with Crippen LogP contribution in [0.5, 0.6) is 0 Å². The van der Waals surface area contributed by atoms with Gasteiger partial charge in [0.2, 0.25) is 11.7 Å². The number of carbonyl (C=O) groups is 1. The topological polar surface area (TPSA) is 127 Å². The van der Waals surface area contributed by atoms with E-state index in [1.54, 1.807) is 9.80 Å². The maximum absolute atomic E-state index is 15.6. The molecular formula is C24H32F4N6O3. The van der Waals surface area contributed by atoms with E-state index in [9.17, 15) is 28.2 Å². The SMILES string of the molecule is C=N/C(=C(/F)C(=NC)NC[C@@]1(O)CCN(CC(N)=O)C[C@H]1O)N(Cc1ccc(C(F)(F)F)cc1)C1CC1. The lowest BCUT2D eigenvalue weighted by molar-refractivity contribution is -0.137. The van der Waals surface area contributed by atoms with Crippen molar-refractivity contribution in [2.75, 3.05) is 33.2 Å². The summed E-state index contributed by atoms with van der Waals surface area (Å²) in [4.78, 5) is 22.2. The van der Waals surface area contributed by atoms with Crippen LogP contribution in [-0.4, -0.2) is 89.4 Å². The number of piperidine rings is 1. The van der Waals surface area contributed by atoms with Gasteiger partial charge in [-0.15, -0.1) is 0 Å². The second kappa shape index (κ2) is 11.6. The van der Waals surface area contributed by atoms with Crippen molar-refractivity contribution < 1.29 is 32.6 Å². The monoisotopic (exact) mass is 528 g/mol. The molecule has 9 nitrogen and oxygen atoms in total. The van der Waals surface area contributed by atoms with Crippen molar-refractivity contribution in [2.24, 2.45) is 15.7 Å². The van der Waals surface area contributed by atoms with E-state index in [0.717, 1.165) is 25.0 Å². The van der Waals surface area contributed by atoms with Crippen LogP contribution in [0.15, 0.2) is 45.9 Å². The highest BCUT2D eigenvalue weighted by molar-refractivity contribution is 5.96. The minimum Gasteiger partial charge on any atom is -0.389 e. The van der Waals surface area contributed by atoms with Crippen molar-refractivity contribution in [1.82, 2.24) is 15.1 Å². The third kappa shape index (κ3) is 7.27. The predicted molar refractivity (Wildman–Crippen MR) is 130 cm³/mol. The molecule has 1 aliphatic heterocycles. The number of likely N-dealkylation sites (tertiary alicyclic amines) is 1. The lowest BCUT2D eigenvalue weighted by Crippen LogP contribution is -2.61. The van der Waals surface area contributed by atoms with Crippen LogP contribution in [0.25, 0.3) is 0 Å². The minimum absolute atomic E-state index is 0.0140. The number of hydrogen-bond donors (Lipinski definition) is 4. The molecule has 13 heteroatoms. The van der Waals surface area contributed by atoms with Gasteiger partial charge in [-0.05, 0) is 43.7 Å². The van der Waals surface area contributed by atoms with Gasteiger partial charge in [0.25, 0.3) is 0 Å². The number of amidine groups is 1. The molecule has 3 rings (SSSR count). The zero-order chi connectivity index (χ0) is 27.4. The molecule has 2 atom stereocenters. The third-order valence-electron chi connectivity index (χ3n) is 6.53. The molecule has 2 fully saturated rings. The second-order valence-corrected chi connectivity index (χ2v) is 9.35. The Morgan fingerprint density at radius 2 is 1.97 bits per heavy atom. The maximum atomic E-state index is 15.6. The molecule has 1 saturated heterocycles. The van der Waals surface area contributed by atoms with Gasteiger partial charge in [-0.1, -0.05) is 12.1 Å². The highest BCUT2D eigenvalue weighted by atomic mass is 19.4. The molecule has 0 spiro atoms. The first-order valence-electron chi connectivity index (χ1n) is 11.8. The first-order valence-corrected chi connectivity index (χ1v) is 11.8. The molecule has 5 N–H and O–H groups in total. The van der Waals surface area contributed by atoms with E-state index in [-0.39, 0.29) is 50.3 Å². The summed E-state index contributed by atoms with van der Waals surface area (Å²) in [7, 11) is 1.34. The zero-order valence-corrected chi connectivity index (χ0v) is 20.5. The molecule has 37 heavy (non-hydrogen) atoms. The van der Waals surface area contributed by atoms with Gasteiger partial charge in [0.05, 0.1) is 18.2 Å². The predicted octanol–water partition coefficient (Wildman–Crippen LogP) is 1.41. The molecule has 0 radical (unpaired) electrons. The maximum Gasteiger partial charge on any atom is 0.416 e. The van der Waals surface area contributed by atoms with E-state index in [4.69, 9.17) is 5.73 Å². The first kappa shape index (κ1) is 28.5. The highest BCUT2D eigenvalue weighted by Gasteiger charge is 2.41. The van der Waals surface area contributed by atoms with Crippen LogP contribution in [0.3, 0.4) is 0 Å². The number of hydrogen-bond acceptors (Lipinski definition) is 7. The lowest BCUT2D eigenvalue weighted by Gasteiger charge is -2.41. The Balaban J connectivity index is 1.73. The van der Waals surface area contributed by atoms with Gasteiger partial charge in [0.15, 0.2) is 11.7 Å². The number of aliphatic imine (C=N–C) groups is 2. The number of rotatable bonds is 10. The van der Waals surface area contributed by atoms with Gasteiger partial charge in [-0.25, -0.2) is 4.99 Å². The molecule has 0 bridgehead atoms. The second-order valence-electron chi connectivity index (χ2n) is 9.35. The number of aliphatic hydroxyl groups excluding tert-OH is 1. The normalized spacial score (nSPS) is 23.9. The van der Waals surface area contributed by atoms with E-state index in [1.165, 1.54) is 19.2 Å². The summed E-state index contributed by atoms with van der Waals surface area (Å²) < 4.78 is 54.3. The first-order chi connectivity index (χ1) is 17.4. The quantitative estimate of drug-likeness (QED) is 0.207. The van der Waals surface area contributed by atoms with Crippen LogP contribution < -0.4 is 11.1 Å². The van der Waals surface area contributed by atoms with Crippen molar-refractivity contribution in [3.8, 4) is 0 Å². The number of nitrogens with one attached hydrogen (secondary N) is 1. The molecule has 0 aromatic heterocycles. The van der Waals surface area contributed by atoms with Crippen LogP contribution in [0.1, 0.15) is 30.4 Å². The molecule has 1 amide bonds. The molecule has 2 aliphatic rings. The summed E-state index contributed by atoms with van der Waals surface area (Å²) in [6.45, 7) is 3.62. The summed E-state index contributed by atoms with van der Waals surface area (Å²) in [6, 6.07) is 4.56. The Bertz CT molecular complexity index is 1040. The molecule has 1 aromatic carbocycles. The molecule has 1 heterocycles. The Labute approximate surface area is 212 Å². The number of β-amino-alcohol motifs (C(OH)–C–C–N with tert-alkyl or cyclic N) is 1. The van der Waals surface area contributed by atoms with Crippen molar-refractivity contribution in [1.29, 1.82) is 0 Å². The molecule has 204 valence electrons. The molecule has 1 saturated carbocycles. The fourth-order valence-corrected chi connectivity index (χ4v) is 4.24. The molecular weight excluding hydrogens is 496 g/mol. The summed E-state index contributed by atoms with van der Waals surface area (Å²) in [6.07, 6.45) is -4.06. The fraction of sp³-hybridized carbons (Fsp3) is 0.542. The number of halogens is 4. The van der Waals surface area contributed by atoms with Gasteiger partial charge in [-0.3, -0.25) is 14.7 Å². The average Bonchev–Trinajstić information content (AvgIpc) is 3.67. The Hall–Kier alpha value is -3.03. The summed E-state index contributed by atoms with van der Waals surface area (Å²) in [5.74, 6) is -1.75. The van der Waals surface area contributed by atoms with Gasteiger partial charge in [-0.2, -0.15) is 17.6 Å². The summed E-state index contributed by atoms with van der Waals surface area (Å²) >= 11 is 0. The van der Waals surface area contributed by atoms with Crippen LogP contribution in [0.2, 0.25) is 0 Å². The molecule has 1 aliphatic carbocycles. The van der Waals surface area contributed by atoms with E-state index >= 15 is 4.39 Å². The minimum atomic E-state index is -4.46. The Kier molecular flexibility index (Phi) is 8.92. The van der Waals surface area contributed by atoms with Crippen molar-refractivity contribution in [3.05, 3.63) is 47.0 Å². The number of alkyl halides is 3. The van der Waals surface area contributed by atoms with Crippen molar-refractivity contribution in [3.63, 3.8) is 0 Å². The van der Waals surface area contributed by atoms with Gasteiger partial charge in [0.1, 0.15) is 5.60 Å². The van der Waals surface area contributed by atoms with Crippen LogP contribution >= 0.6 is 0 Å². The van der Waals surface area contributed by atoms with Crippen LogP contribution in [0, 0.1) is 0 Å².